The number of amides is 1. The molecule has 10 heteroatoms. The number of carbonyl (C=O) groups is 1. The third kappa shape index (κ3) is 4.02. The first kappa shape index (κ1) is 22.0. The van der Waals surface area contributed by atoms with Gasteiger partial charge in [-0.15, -0.1) is 21.5 Å². The summed E-state index contributed by atoms with van der Waals surface area (Å²) in [4.78, 5) is 27.0. The lowest BCUT2D eigenvalue weighted by molar-refractivity contribution is -0.117. The normalized spacial score (nSPS) is 14.0. The number of hydrogen-bond donors (Lipinski definition) is 0. The number of hydrogen-bond acceptors (Lipinski definition) is 6. The summed E-state index contributed by atoms with van der Waals surface area (Å²) < 4.78 is 17.5. The maximum absolute atomic E-state index is 13.4. The van der Waals surface area contributed by atoms with Gasteiger partial charge in [-0.2, -0.15) is 0 Å². The zero-order chi connectivity index (χ0) is 23.9. The molecule has 0 bridgehead atoms. The SMILES string of the molecule is O=C1CCCN1c1ccc(CSc2nnc3n(Cc4ccc(F)cc4)c(=O)c4sccc4n23)cc1. The highest BCUT2D eigenvalue weighted by atomic mass is 32.2. The standard InChI is InChI=1S/C25H20FN5O2S2/c26-18-7-3-16(4-8-18)14-30-23(33)22-20(11-13-34-22)31-24(30)27-28-25(31)35-15-17-5-9-19(10-6-17)29-12-1-2-21(29)32/h3-11,13H,1-2,12,14-15H2. The molecule has 0 N–H and O–H groups in total. The zero-order valence-electron chi connectivity index (χ0n) is 18.6. The van der Waals surface area contributed by atoms with Gasteiger partial charge in [-0.1, -0.05) is 36.0 Å². The van der Waals surface area contributed by atoms with Crippen LogP contribution >= 0.6 is 23.1 Å². The number of aromatic nitrogens is 4. The molecule has 1 saturated heterocycles. The molecule has 1 aliphatic rings. The number of fused-ring (bicyclic) bond motifs is 3. The molecular formula is C25H20FN5O2S2. The van der Waals surface area contributed by atoms with Gasteiger partial charge in [-0.3, -0.25) is 18.6 Å². The predicted octanol–water partition coefficient (Wildman–Crippen LogP) is 4.71. The van der Waals surface area contributed by atoms with Crippen LogP contribution in [0.1, 0.15) is 24.0 Å². The first-order chi connectivity index (χ1) is 17.1. The van der Waals surface area contributed by atoms with E-state index in [1.807, 2.05) is 45.0 Å². The van der Waals surface area contributed by atoms with Crippen LogP contribution in [0.3, 0.4) is 0 Å². The Morgan fingerprint density at radius 3 is 2.49 bits per heavy atom. The number of carbonyl (C=O) groups excluding carboxylic acids is 1. The van der Waals surface area contributed by atoms with Crippen molar-refractivity contribution in [2.75, 3.05) is 11.4 Å². The molecule has 5 aromatic rings. The Morgan fingerprint density at radius 1 is 0.971 bits per heavy atom. The fraction of sp³-hybridized carbons (Fsp3) is 0.200. The molecule has 7 nitrogen and oxygen atoms in total. The summed E-state index contributed by atoms with van der Waals surface area (Å²) in [6, 6.07) is 16.0. The molecule has 1 amide bonds. The van der Waals surface area contributed by atoms with Crippen LogP contribution in [0.5, 0.6) is 0 Å². The van der Waals surface area contributed by atoms with Crippen LogP contribution in [0.4, 0.5) is 10.1 Å². The Labute approximate surface area is 207 Å². The van der Waals surface area contributed by atoms with Gasteiger partial charge in [0.15, 0.2) is 5.16 Å². The minimum absolute atomic E-state index is 0.136. The van der Waals surface area contributed by atoms with E-state index in [4.69, 9.17) is 0 Å². The summed E-state index contributed by atoms with van der Waals surface area (Å²) >= 11 is 2.92. The minimum Gasteiger partial charge on any atom is -0.312 e. The number of thiophene rings is 1. The molecule has 176 valence electrons. The van der Waals surface area contributed by atoms with Crippen LogP contribution in [-0.4, -0.2) is 31.6 Å². The van der Waals surface area contributed by atoms with E-state index in [1.54, 1.807) is 16.7 Å². The molecule has 1 fully saturated rings. The second kappa shape index (κ2) is 8.94. The summed E-state index contributed by atoms with van der Waals surface area (Å²) in [5.74, 6) is 0.975. The molecule has 3 aromatic heterocycles. The molecule has 0 saturated carbocycles. The van der Waals surface area contributed by atoms with Crippen LogP contribution in [-0.2, 0) is 17.1 Å². The fourth-order valence-corrected chi connectivity index (χ4v) is 6.07. The average molecular weight is 506 g/mol. The molecule has 4 heterocycles. The van der Waals surface area contributed by atoms with Crippen molar-refractivity contribution < 1.29 is 9.18 Å². The average Bonchev–Trinajstić information content (AvgIpc) is 3.61. The number of benzene rings is 2. The van der Waals surface area contributed by atoms with E-state index < -0.39 is 0 Å². The lowest BCUT2D eigenvalue weighted by Crippen LogP contribution is -2.23. The van der Waals surface area contributed by atoms with Gasteiger partial charge in [0.05, 0.1) is 12.1 Å². The molecule has 2 aromatic carbocycles. The van der Waals surface area contributed by atoms with Crippen LogP contribution in [0.15, 0.2) is 69.9 Å². The first-order valence-corrected chi connectivity index (χ1v) is 13.1. The number of nitrogens with zero attached hydrogens (tertiary/aromatic N) is 5. The Hall–Kier alpha value is -3.50. The summed E-state index contributed by atoms with van der Waals surface area (Å²) in [5, 5.41) is 11.3. The topological polar surface area (TPSA) is 72.5 Å². The van der Waals surface area contributed by atoms with Gasteiger partial charge >= 0.3 is 0 Å². The molecule has 6 rings (SSSR count). The van der Waals surface area contributed by atoms with Crippen molar-refractivity contribution in [3.8, 4) is 0 Å². The molecular weight excluding hydrogens is 485 g/mol. The van der Waals surface area contributed by atoms with Gasteiger partial charge in [0.2, 0.25) is 11.7 Å². The molecule has 35 heavy (non-hydrogen) atoms. The molecule has 1 aliphatic heterocycles. The smallest absolute Gasteiger partial charge is 0.273 e. The maximum Gasteiger partial charge on any atom is 0.273 e. The van der Waals surface area contributed by atoms with Crippen molar-refractivity contribution >= 4 is 50.7 Å². The second-order valence-electron chi connectivity index (χ2n) is 8.37. The van der Waals surface area contributed by atoms with Crippen molar-refractivity contribution in [2.45, 2.75) is 30.3 Å². The Bertz CT molecular complexity index is 1610. The zero-order valence-corrected chi connectivity index (χ0v) is 20.2. The quantitative estimate of drug-likeness (QED) is 0.313. The number of anilines is 1. The molecule has 0 aliphatic carbocycles. The van der Waals surface area contributed by atoms with E-state index in [0.29, 0.717) is 27.8 Å². The Balaban J connectivity index is 1.31. The number of halogens is 1. The van der Waals surface area contributed by atoms with Crippen molar-refractivity contribution in [3.63, 3.8) is 0 Å². The Morgan fingerprint density at radius 2 is 1.74 bits per heavy atom. The van der Waals surface area contributed by atoms with Gasteiger partial charge in [-0.05, 0) is 53.3 Å². The lowest BCUT2D eigenvalue weighted by Gasteiger charge is -2.15. The van der Waals surface area contributed by atoms with Crippen LogP contribution in [0.25, 0.3) is 16.0 Å². The molecule has 0 spiro atoms. The van der Waals surface area contributed by atoms with Crippen molar-refractivity contribution in [3.05, 3.63) is 87.3 Å². The molecule has 0 unspecified atom stereocenters. The van der Waals surface area contributed by atoms with E-state index in [0.717, 1.165) is 35.3 Å². The summed E-state index contributed by atoms with van der Waals surface area (Å²) in [5.41, 5.74) is 3.48. The van der Waals surface area contributed by atoms with E-state index >= 15 is 0 Å². The first-order valence-electron chi connectivity index (χ1n) is 11.2. The van der Waals surface area contributed by atoms with E-state index in [9.17, 15) is 14.0 Å². The lowest BCUT2D eigenvalue weighted by atomic mass is 10.2. The monoisotopic (exact) mass is 505 g/mol. The number of rotatable bonds is 6. The van der Waals surface area contributed by atoms with Gasteiger partial charge in [0, 0.05) is 24.4 Å². The van der Waals surface area contributed by atoms with Crippen LogP contribution < -0.4 is 10.5 Å². The van der Waals surface area contributed by atoms with Gasteiger partial charge in [0.1, 0.15) is 10.5 Å². The summed E-state index contributed by atoms with van der Waals surface area (Å²) in [7, 11) is 0. The van der Waals surface area contributed by atoms with Crippen molar-refractivity contribution in [1.29, 1.82) is 0 Å². The Kier molecular flexibility index (Phi) is 5.62. The number of thioether (sulfide) groups is 1. The van der Waals surface area contributed by atoms with E-state index in [2.05, 4.69) is 10.2 Å². The summed E-state index contributed by atoms with van der Waals surface area (Å²) in [6.45, 7) is 1.05. The van der Waals surface area contributed by atoms with Crippen LogP contribution in [0.2, 0.25) is 0 Å². The van der Waals surface area contributed by atoms with Crippen molar-refractivity contribution in [1.82, 2.24) is 19.2 Å². The largest absolute Gasteiger partial charge is 0.312 e. The molecule has 0 atom stereocenters. The van der Waals surface area contributed by atoms with E-state index in [-0.39, 0.29) is 23.8 Å². The minimum atomic E-state index is -0.318. The van der Waals surface area contributed by atoms with E-state index in [1.165, 1.54) is 35.2 Å². The maximum atomic E-state index is 13.4. The van der Waals surface area contributed by atoms with Gasteiger partial charge in [0.25, 0.3) is 5.56 Å². The van der Waals surface area contributed by atoms with Crippen molar-refractivity contribution in [2.24, 2.45) is 0 Å². The van der Waals surface area contributed by atoms with Gasteiger partial charge in [-0.25, -0.2) is 4.39 Å². The fourth-order valence-electron chi connectivity index (χ4n) is 4.35. The predicted molar refractivity (Wildman–Crippen MR) is 136 cm³/mol. The van der Waals surface area contributed by atoms with Gasteiger partial charge < -0.3 is 4.90 Å². The highest BCUT2D eigenvalue weighted by Gasteiger charge is 2.22. The highest BCUT2D eigenvalue weighted by Crippen LogP contribution is 2.28. The molecule has 0 radical (unpaired) electrons. The second-order valence-corrected chi connectivity index (χ2v) is 10.2. The third-order valence-corrected chi connectivity index (χ3v) is 8.02. The van der Waals surface area contributed by atoms with Crippen LogP contribution in [0, 0.1) is 5.82 Å². The third-order valence-electron chi connectivity index (χ3n) is 6.13. The summed E-state index contributed by atoms with van der Waals surface area (Å²) in [6.07, 6.45) is 1.51. The highest BCUT2D eigenvalue weighted by molar-refractivity contribution is 7.98.